The molecule has 1 unspecified atom stereocenters. The number of fused-ring (bicyclic) bond motifs is 1. The van der Waals surface area contributed by atoms with Crippen LogP contribution in [0.25, 0.3) is 10.6 Å². The summed E-state index contributed by atoms with van der Waals surface area (Å²) in [4.78, 5) is 6.30. The Bertz CT molecular complexity index is 602. The normalized spacial score (nSPS) is 13.4. The Morgan fingerprint density at radius 3 is 2.21 bits per heavy atom. The zero-order valence-electron chi connectivity index (χ0n) is 11.2. The SMILES string of the molecule is CN(C)c1nc2ccc(C(F)(F)F)cc2p1N(C)C. The van der Waals surface area contributed by atoms with Gasteiger partial charge in [-0.25, -0.2) is 4.98 Å². The van der Waals surface area contributed by atoms with Crippen molar-refractivity contribution in [2.45, 2.75) is 6.18 Å². The summed E-state index contributed by atoms with van der Waals surface area (Å²) in [5.74, 6) is 0. The second-order valence-corrected chi connectivity index (χ2v) is 6.97. The predicted octanol–water partition coefficient (Wildman–Crippen LogP) is 3.50. The van der Waals surface area contributed by atoms with Gasteiger partial charge in [-0.05, 0) is 32.3 Å². The summed E-state index contributed by atoms with van der Waals surface area (Å²) < 4.78 is 40.3. The first-order valence-corrected chi connectivity index (χ1v) is 6.96. The van der Waals surface area contributed by atoms with Crippen molar-refractivity contribution in [3.8, 4) is 0 Å². The summed E-state index contributed by atoms with van der Waals surface area (Å²) in [6.45, 7) is 0. The molecule has 0 aliphatic carbocycles. The quantitative estimate of drug-likeness (QED) is 0.843. The molecule has 0 saturated carbocycles. The maximum atomic E-state index is 12.8. The highest BCUT2D eigenvalue weighted by molar-refractivity contribution is 7.60. The van der Waals surface area contributed by atoms with Crippen LogP contribution in [-0.2, 0) is 6.18 Å². The summed E-state index contributed by atoms with van der Waals surface area (Å²) in [6, 6.07) is 3.76. The van der Waals surface area contributed by atoms with E-state index in [0.29, 0.717) is 10.6 Å². The first kappa shape index (κ1) is 14.2. The van der Waals surface area contributed by atoms with Crippen molar-refractivity contribution in [2.75, 3.05) is 37.8 Å². The Morgan fingerprint density at radius 1 is 1.11 bits per heavy atom. The molecule has 0 amide bonds. The van der Waals surface area contributed by atoms with Crippen LogP contribution < -0.4 is 9.57 Å². The zero-order valence-corrected chi connectivity index (χ0v) is 12.0. The third-order valence-corrected chi connectivity index (χ3v) is 5.23. The van der Waals surface area contributed by atoms with Crippen molar-refractivity contribution >= 4 is 23.9 Å². The maximum absolute atomic E-state index is 12.8. The fourth-order valence-electron chi connectivity index (χ4n) is 1.91. The minimum absolute atomic E-state index is 0.615. The summed E-state index contributed by atoms with van der Waals surface area (Å²) in [7, 11) is 6.46. The van der Waals surface area contributed by atoms with Crippen LogP contribution in [0.4, 0.5) is 18.7 Å². The monoisotopic (exact) mass is 289 g/mol. The lowest BCUT2D eigenvalue weighted by Crippen LogP contribution is -2.12. The topological polar surface area (TPSA) is 19.4 Å². The molecule has 7 heteroatoms. The third kappa shape index (κ3) is 2.55. The van der Waals surface area contributed by atoms with Crippen LogP contribution in [-0.4, -0.2) is 33.2 Å². The Morgan fingerprint density at radius 2 is 1.74 bits per heavy atom. The number of rotatable bonds is 2. The van der Waals surface area contributed by atoms with E-state index in [1.54, 1.807) is 0 Å². The van der Waals surface area contributed by atoms with Gasteiger partial charge in [-0.15, -0.1) is 0 Å². The van der Waals surface area contributed by atoms with Crippen LogP contribution in [0, 0.1) is 0 Å². The molecule has 0 saturated heterocycles. The third-order valence-electron chi connectivity index (χ3n) is 2.74. The second-order valence-electron chi connectivity index (χ2n) is 4.67. The van der Waals surface area contributed by atoms with E-state index in [1.807, 2.05) is 37.8 Å². The Balaban J connectivity index is 2.73. The summed E-state index contributed by atoms with van der Waals surface area (Å²) in [5, 5.41) is 0.665. The molecule has 1 aromatic carbocycles. The molecule has 0 aliphatic rings. The molecule has 1 heterocycles. The lowest BCUT2D eigenvalue weighted by molar-refractivity contribution is -0.137. The van der Waals surface area contributed by atoms with Gasteiger partial charge in [0.05, 0.1) is 11.1 Å². The Hall–Kier alpha value is -1.26. The highest BCUT2D eigenvalue weighted by Gasteiger charge is 2.31. The van der Waals surface area contributed by atoms with Gasteiger partial charge in [0.15, 0.2) is 5.55 Å². The lowest BCUT2D eigenvalue weighted by atomic mass is 10.2. The largest absolute Gasteiger partial charge is 0.416 e. The highest BCUT2D eigenvalue weighted by Crippen LogP contribution is 2.48. The van der Waals surface area contributed by atoms with E-state index in [1.165, 1.54) is 12.1 Å². The van der Waals surface area contributed by atoms with Crippen LogP contribution in [0.2, 0.25) is 0 Å². The Kier molecular flexibility index (Phi) is 3.49. The van der Waals surface area contributed by atoms with E-state index in [9.17, 15) is 13.2 Å². The first-order valence-electron chi connectivity index (χ1n) is 5.66. The van der Waals surface area contributed by atoms with Crippen LogP contribution >= 0.6 is 7.68 Å². The summed E-state index contributed by atoms with van der Waals surface area (Å²) in [6.07, 6.45) is -4.32. The number of hydrogen-bond donors (Lipinski definition) is 0. The van der Waals surface area contributed by atoms with Crippen LogP contribution in [0.3, 0.4) is 0 Å². The van der Waals surface area contributed by atoms with Crippen LogP contribution in [0.1, 0.15) is 5.56 Å². The van der Waals surface area contributed by atoms with Gasteiger partial charge in [0.1, 0.15) is 0 Å². The minimum Gasteiger partial charge on any atom is -0.358 e. The molecule has 1 atom stereocenters. The Labute approximate surface area is 110 Å². The molecule has 3 nitrogen and oxygen atoms in total. The average molecular weight is 289 g/mol. The van der Waals surface area contributed by atoms with E-state index in [0.717, 1.165) is 11.6 Å². The average Bonchev–Trinajstić information content (AvgIpc) is 2.65. The van der Waals surface area contributed by atoms with E-state index in [4.69, 9.17) is 0 Å². The van der Waals surface area contributed by atoms with Gasteiger partial charge in [0.25, 0.3) is 0 Å². The molecule has 0 fully saturated rings. The molecule has 0 aliphatic heterocycles. The van der Waals surface area contributed by atoms with Gasteiger partial charge < -0.3 is 4.90 Å². The smallest absolute Gasteiger partial charge is 0.358 e. The van der Waals surface area contributed by atoms with Crippen molar-refractivity contribution in [3.63, 3.8) is 0 Å². The van der Waals surface area contributed by atoms with Crippen LogP contribution in [0.15, 0.2) is 18.2 Å². The van der Waals surface area contributed by atoms with Crippen molar-refractivity contribution in [3.05, 3.63) is 23.8 Å². The van der Waals surface area contributed by atoms with Gasteiger partial charge in [-0.1, -0.05) is 0 Å². The molecule has 0 N–H and O–H groups in total. The number of aromatic nitrogens is 1. The molecule has 0 spiro atoms. The lowest BCUT2D eigenvalue weighted by Gasteiger charge is -2.17. The molecule has 2 rings (SSSR count). The molecule has 104 valence electrons. The number of anilines is 1. The number of nitrogens with zero attached hydrogens (tertiary/aromatic N) is 3. The fraction of sp³-hybridized carbons (Fsp3) is 0.417. The maximum Gasteiger partial charge on any atom is 0.416 e. The molecule has 0 radical (unpaired) electrons. The van der Waals surface area contributed by atoms with E-state index in [2.05, 4.69) is 4.98 Å². The van der Waals surface area contributed by atoms with Crippen molar-refractivity contribution in [1.29, 1.82) is 0 Å². The van der Waals surface area contributed by atoms with Gasteiger partial charge >= 0.3 is 6.18 Å². The van der Waals surface area contributed by atoms with Crippen molar-refractivity contribution < 1.29 is 13.2 Å². The first-order chi connectivity index (χ1) is 8.71. The van der Waals surface area contributed by atoms with E-state index >= 15 is 0 Å². The number of benzene rings is 1. The van der Waals surface area contributed by atoms with E-state index < -0.39 is 19.4 Å². The molecule has 0 bridgehead atoms. The van der Waals surface area contributed by atoms with Gasteiger partial charge in [0.2, 0.25) is 0 Å². The second kappa shape index (κ2) is 4.69. The molecule has 1 aromatic heterocycles. The standard InChI is InChI=1S/C12H15F3N3P/c1-17(2)11-16-9-6-5-8(12(13,14)15)7-10(9)19(11)18(3)4/h5-7H,1-4H3. The molecule has 19 heavy (non-hydrogen) atoms. The zero-order chi connectivity index (χ0) is 14.4. The molecule has 2 aromatic rings. The van der Waals surface area contributed by atoms with Crippen molar-refractivity contribution in [2.24, 2.45) is 0 Å². The highest BCUT2D eigenvalue weighted by atomic mass is 31.1. The minimum atomic E-state index is -4.32. The van der Waals surface area contributed by atoms with Gasteiger partial charge in [-0.3, -0.25) is 4.67 Å². The van der Waals surface area contributed by atoms with Gasteiger partial charge in [-0.2, -0.15) is 13.2 Å². The molecular weight excluding hydrogens is 274 g/mol. The van der Waals surface area contributed by atoms with Crippen molar-refractivity contribution in [1.82, 2.24) is 4.98 Å². The number of alkyl halides is 3. The predicted molar refractivity (Wildman–Crippen MR) is 73.8 cm³/mol. The fourth-order valence-corrected chi connectivity index (χ4v) is 4.10. The molecular formula is C12H15F3N3P. The summed E-state index contributed by atoms with van der Waals surface area (Å²) in [5.41, 5.74) is 0.835. The van der Waals surface area contributed by atoms with Gasteiger partial charge in [0, 0.05) is 26.9 Å². The number of hydrogen-bond acceptors (Lipinski definition) is 3. The summed E-state index contributed by atoms with van der Waals surface area (Å²) >= 11 is 0. The van der Waals surface area contributed by atoms with Crippen LogP contribution in [0.5, 0.6) is 0 Å². The number of halogens is 3. The van der Waals surface area contributed by atoms with E-state index in [-0.39, 0.29) is 0 Å².